The van der Waals surface area contributed by atoms with E-state index in [4.69, 9.17) is 0 Å². The van der Waals surface area contributed by atoms with E-state index in [1.54, 1.807) is 18.3 Å². The molecular formula is C12H21NO2S2. The quantitative estimate of drug-likeness (QED) is 0.832. The molecule has 0 spiro atoms. The summed E-state index contributed by atoms with van der Waals surface area (Å²) in [4.78, 5) is 1.27. The minimum absolute atomic E-state index is 0.00741. The van der Waals surface area contributed by atoms with E-state index in [1.165, 1.54) is 4.88 Å². The van der Waals surface area contributed by atoms with Crippen LogP contribution in [-0.2, 0) is 9.84 Å². The zero-order valence-corrected chi connectivity index (χ0v) is 12.3. The summed E-state index contributed by atoms with van der Waals surface area (Å²) in [6, 6.07) is 4.37. The van der Waals surface area contributed by atoms with Crippen LogP contribution in [0.15, 0.2) is 17.5 Å². The van der Waals surface area contributed by atoms with Crippen LogP contribution in [0.3, 0.4) is 0 Å². The number of sulfone groups is 1. The molecule has 0 aliphatic rings. The van der Waals surface area contributed by atoms with Crippen molar-refractivity contribution in [2.75, 3.05) is 11.5 Å². The average Bonchev–Trinajstić information content (AvgIpc) is 2.78. The molecule has 0 aliphatic heterocycles. The van der Waals surface area contributed by atoms with Gasteiger partial charge in [0.15, 0.2) is 9.84 Å². The van der Waals surface area contributed by atoms with Gasteiger partial charge in [0.25, 0.3) is 0 Å². The Labute approximate surface area is 108 Å². The van der Waals surface area contributed by atoms with Crippen molar-refractivity contribution in [1.82, 2.24) is 5.32 Å². The van der Waals surface area contributed by atoms with E-state index in [0.717, 1.165) is 6.42 Å². The first kappa shape index (κ1) is 14.7. The number of nitrogens with one attached hydrogen (secondary N) is 1. The fourth-order valence-electron chi connectivity index (χ4n) is 1.78. The van der Waals surface area contributed by atoms with E-state index in [1.807, 2.05) is 18.4 Å². The molecule has 3 nitrogen and oxygen atoms in total. The van der Waals surface area contributed by atoms with Crippen molar-refractivity contribution in [3.63, 3.8) is 0 Å². The zero-order chi connectivity index (χ0) is 12.9. The standard InChI is InChI=1S/C12H21NO2S2/c1-4-11(12-7-6-8-16-12)13-10(3)9-17(14,15)5-2/h6-8,10-11,13H,4-5,9H2,1-3H3. The molecule has 2 atom stereocenters. The number of rotatable bonds is 7. The van der Waals surface area contributed by atoms with Crippen LogP contribution >= 0.6 is 11.3 Å². The van der Waals surface area contributed by atoms with Gasteiger partial charge in [0.1, 0.15) is 0 Å². The van der Waals surface area contributed by atoms with Gasteiger partial charge in [0.05, 0.1) is 5.75 Å². The highest BCUT2D eigenvalue weighted by molar-refractivity contribution is 7.91. The van der Waals surface area contributed by atoms with Gasteiger partial charge in [-0.05, 0) is 24.8 Å². The van der Waals surface area contributed by atoms with Crippen molar-refractivity contribution in [2.24, 2.45) is 0 Å². The van der Waals surface area contributed by atoms with Crippen molar-refractivity contribution in [3.8, 4) is 0 Å². The number of hydrogen-bond donors (Lipinski definition) is 1. The monoisotopic (exact) mass is 275 g/mol. The van der Waals surface area contributed by atoms with Crippen molar-refractivity contribution in [1.29, 1.82) is 0 Å². The van der Waals surface area contributed by atoms with E-state index in [0.29, 0.717) is 0 Å². The largest absolute Gasteiger partial charge is 0.306 e. The van der Waals surface area contributed by atoms with Gasteiger partial charge in [-0.1, -0.05) is 19.9 Å². The molecule has 2 unspecified atom stereocenters. The summed E-state index contributed by atoms with van der Waals surface area (Å²) in [5.41, 5.74) is 0. The Morgan fingerprint density at radius 1 is 1.41 bits per heavy atom. The molecule has 0 saturated carbocycles. The average molecular weight is 275 g/mol. The second-order valence-corrected chi connectivity index (χ2v) is 7.62. The molecule has 0 aromatic carbocycles. The second kappa shape index (κ2) is 6.52. The fraction of sp³-hybridized carbons (Fsp3) is 0.667. The maximum atomic E-state index is 11.5. The molecule has 1 aromatic rings. The Bertz CT molecular complexity index is 412. The minimum Gasteiger partial charge on any atom is -0.306 e. The van der Waals surface area contributed by atoms with Gasteiger partial charge in [0.2, 0.25) is 0 Å². The molecule has 0 radical (unpaired) electrons. The van der Waals surface area contributed by atoms with Crippen LogP contribution in [0, 0.1) is 0 Å². The van der Waals surface area contributed by atoms with E-state index in [9.17, 15) is 8.42 Å². The summed E-state index contributed by atoms with van der Waals surface area (Å²) in [5, 5.41) is 5.44. The van der Waals surface area contributed by atoms with Crippen LogP contribution in [0.4, 0.5) is 0 Å². The molecule has 0 aliphatic carbocycles. The van der Waals surface area contributed by atoms with Crippen molar-refractivity contribution in [2.45, 2.75) is 39.3 Å². The highest BCUT2D eigenvalue weighted by Crippen LogP contribution is 2.22. The maximum absolute atomic E-state index is 11.5. The maximum Gasteiger partial charge on any atom is 0.151 e. The van der Waals surface area contributed by atoms with Crippen LogP contribution in [0.2, 0.25) is 0 Å². The number of hydrogen-bond acceptors (Lipinski definition) is 4. The summed E-state index contributed by atoms with van der Waals surface area (Å²) in [7, 11) is -2.90. The Morgan fingerprint density at radius 3 is 2.59 bits per heavy atom. The first-order valence-corrected chi connectivity index (χ1v) is 8.68. The first-order chi connectivity index (χ1) is 7.98. The normalized spacial score (nSPS) is 15.7. The first-order valence-electron chi connectivity index (χ1n) is 5.98. The van der Waals surface area contributed by atoms with Gasteiger partial charge in [-0.15, -0.1) is 11.3 Å². The molecule has 5 heteroatoms. The van der Waals surface area contributed by atoms with Gasteiger partial charge in [-0.25, -0.2) is 8.42 Å². The molecular weight excluding hydrogens is 254 g/mol. The highest BCUT2D eigenvalue weighted by atomic mass is 32.2. The third-order valence-corrected chi connectivity index (χ3v) is 5.60. The Hall–Kier alpha value is -0.390. The molecule has 0 saturated heterocycles. The van der Waals surface area contributed by atoms with Crippen LogP contribution in [0.25, 0.3) is 0 Å². The van der Waals surface area contributed by atoms with Crippen LogP contribution in [0.1, 0.15) is 38.1 Å². The van der Waals surface area contributed by atoms with E-state index in [2.05, 4.69) is 18.3 Å². The van der Waals surface area contributed by atoms with Gasteiger partial charge in [-0.2, -0.15) is 0 Å². The molecule has 0 bridgehead atoms. The van der Waals surface area contributed by atoms with Gasteiger partial charge < -0.3 is 5.32 Å². The third-order valence-electron chi connectivity index (χ3n) is 2.72. The highest BCUT2D eigenvalue weighted by Gasteiger charge is 2.18. The summed E-state index contributed by atoms with van der Waals surface area (Å²) in [6.45, 7) is 5.74. The van der Waals surface area contributed by atoms with E-state index < -0.39 is 9.84 Å². The summed E-state index contributed by atoms with van der Waals surface area (Å²) >= 11 is 1.71. The van der Waals surface area contributed by atoms with Gasteiger partial charge in [0, 0.05) is 22.7 Å². The van der Waals surface area contributed by atoms with E-state index in [-0.39, 0.29) is 23.6 Å². The molecule has 98 valence electrons. The van der Waals surface area contributed by atoms with Crippen LogP contribution in [0.5, 0.6) is 0 Å². The SMILES string of the molecule is CCC(NC(C)CS(=O)(=O)CC)c1cccs1. The lowest BCUT2D eigenvalue weighted by atomic mass is 10.1. The Morgan fingerprint density at radius 2 is 2.12 bits per heavy atom. The molecule has 1 N–H and O–H groups in total. The van der Waals surface area contributed by atoms with Crippen molar-refractivity contribution >= 4 is 21.2 Å². The van der Waals surface area contributed by atoms with Crippen molar-refractivity contribution in [3.05, 3.63) is 22.4 Å². The molecule has 0 amide bonds. The summed E-state index contributed by atoms with van der Waals surface area (Å²) in [6.07, 6.45) is 0.969. The van der Waals surface area contributed by atoms with Crippen LogP contribution < -0.4 is 5.32 Å². The fourth-order valence-corrected chi connectivity index (χ4v) is 3.75. The summed E-state index contributed by atoms with van der Waals surface area (Å²) < 4.78 is 23.1. The second-order valence-electron chi connectivity index (χ2n) is 4.24. The molecule has 1 rings (SSSR count). The lowest BCUT2D eigenvalue weighted by Crippen LogP contribution is -2.35. The Balaban J connectivity index is 2.58. The predicted octanol–water partition coefficient (Wildman–Crippen LogP) is 2.61. The number of thiophene rings is 1. The lowest BCUT2D eigenvalue weighted by Gasteiger charge is -2.21. The van der Waals surface area contributed by atoms with Gasteiger partial charge in [-0.3, -0.25) is 0 Å². The molecule has 0 fully saturated rings. The van der Waals surface area contributed by atoms with Gasteiger partial charge >= 0.3 is 0 Å². The van der Waals surface area contributed by atoms with E-state index >= 15 is 0 Å². The molecule has 17 heavy (non-hydrogen) atoms. The minimum atomic E-state index is -2.90. The Kier molecular flexibility index (Phi) is 5.62. The zero-order valence-electron chi connectivity index (χ0n) is 10.6. The third kappa shape index (κ3) is 4.77. The molecule has 1 heterocycles. The van der Waals surface area contributed by atoms with Crippen molar-refractivity contribution < 1.29 is 8.42 Å². The van der Waals surface area contributed by atoms with Crippen LogP contribution in [-0.4, -0.2) is 26.0 Å². The smallest absolute Gasteiger partial charge is 0.151 e. The molecule has 1 aromatic heterocycles. The lowest BCUT2D eigenvalue weighted by molar-refractivity contribution is 0.469. The topological polar surface area (TPSA) is 46.2 Å². The summed E-state index contributed by atoms with van der Waals surface area (Å²) in [5.74, 6) is 0.431. The predicted molar refractivity (Wildman–Crippen MR) is 74.3 cm³/mol.